The van der Waals surface area contributed by atoms with Crippen molar-refractivity contribution in [2.45, 2.75) is 43.5 Å². The maximum absolute atomic E-state index is 12.3. The molecular weight excluding hydrogens is 394 g/mol. The number of anilines is 1. The fourth-order valence-corrected chi connectivity index (χ4v) is 4.26. The Balaban J connectivity index is 1.47. The molecule has 1 aromatic heterocycles. The number of furan rings is 1. The van der Waals surface area contributed by atoms with Crippen LogP contribution in [0.25, 0.3) is 0 Å². The minimum atomic E-state index is -3.70. The van der Waals surface area contributed by atoms with Gasteiger partial charge in [-0.3, -0.25) is 9.59 Å². The average Bonchev–Trinajstić information content (AvgIpc) is 3.25. The summed E-state index contributed by atoms with van der Waals surface area (Å²) in [7, 11) is -3.70. The van der Waals surface area contributed by atoms with Gasteiger partial charge in [-0.25, -0.2) is 13.1 Å². The van der Waals surface area contributed by atoms with Crippen LogP contribution in [0.2, 0.25) is 0 Å². The van der Waals surface area contributed by atoms with Gasteiger partial charge >= 0.3 is 0 Å². The fraction of sp³-hybridized carbons (Fsp3) is 0.400. The SMILES string of the molecule is O=C(CNC(=O)C1CCCCC1)Nc1ccc(S(=O)(=O)NCc2ccco2)cc1. The summed E-state index contributed by atoms with van der Waals surface area (Å²) in [5.41, 5.74) is 0.451. The van der Waals surface area contributed by atoms with Crippen molar-refractivity contribution in [3.63, 3.8) is 0 Å². The molecule has 0 radical (unpaired) electrons. The van der Waals surface area contributed by atoms with Crippen molar-refractivity contribution < 1.29 is 22.4 Å². The number of carbonyl (C=O) groups is 2. The molecule has 2 amide bonds. The van der Waals surface area contributed by atoms with E-state index in [1.165, 1.54) is 30.5 Å². The van der Waals surface area contributed by atoms with Gasteiger partial charge in [-0.15, -0.1) is 0 Å². The molecular formula is C20H25N3O5S. The summed E-state index contributed by atoms with van der Waals surface area (Å²) >= 11 is 0. The molecule has 0 bridgehead atoms. The molecule has 1 aliphatic rings. The molecule has 156 valence electrons. The van der Waals surface area contributed by atoms with Crippen molar-refractivity contribution in [1.82, 2.24) is 10.0 Å². The summed E-state index contributed by atoms with van der Waals surface area (Å²) in [6, 6.07) is 9.17. The van der Waals surface area contributed by atoms with E-state index < -0.39 is 10.0 Å². The number of amides is 2. The highest BCUT2D eigenvalue weighted by atomic mass is 32.2. The predicted molar refractivity (Wildman–Crippen MR) is 107 cm³/mol. The van der Waals surface area contributed by atoms with Gasteiger partial charge in [0.05, 0.1) is 24.2 Å². The van der Waals surface area contributed by atoms with E-state index in [1.54, 1.807) is 12.1 Å². The second-order valence-electron chi connectivity index (χ2n) is 7.03. The van der Waals surface area contributed by atoms with Gasteiger partial charge in [-0.2, -0.15) is 0 Å². The van der Waals surface area contributed by atoms with Crippen LogP contribution in [-0.2, 0) is 26.2 Å². The molecule has 1 aromatic carbocycles. The zero-order valence-corrected chi connectivity index (χ0v) is 16.8. The van der Waals surface area contributed by atoms with Crippen LogP contribution in [0, 0.1) is 5.92 Å². The molecule has 3 N–H and O–H groups in total. The van der Waals surface area contributed by atoms with Gasteiger partial charge in [0.2, 0.25) is 21.8 Å². The lowest BCUT2D eigenvalue weighted by Gasteiger charge is -2.20. The monoisotopic (exact) mass is 419 g/mol. The Bertz CT molecular complexity index is 918. The second kappa shape index (κ2) is 9.71. The van der Waals surface area contributed by atoms with E-state index >= 15 is 0 Å². The minimum Gasteiger partial charge on any atom is -0.468 e. The lowest BCUT2D eigenvalue weighted by molar-refractivity contribution is -0.128. The van der Waals surface area contributed by atoms with E-state index in [0.29, 0.717) is 11.4 Å². The maximum atomic E-state index is 12.3. The van der Waals surface area contributed by atoms with E-state index in [0.717, 1.165) is 32.1 Å². The van der Waals surface area contributed by atoms with E-state index in [4.69, 9.17) is 4.42 Å². The van der Waals surface area contributed by atoms with Crippen LogP contribution in [0.4, 0.5) is 5.69 Å². The first-order valence-corrected chi connectivity index (χ1v) is 11.1. The molecule has 3 rings (SSSR count). The fourth-order valence-electron chi connectivity index (χ4n) is 3.26. The summed E-state index contributed by atoms with van der Waals surface area (Å²) in [5.74, 6) is 0.0621. The second-order valence-corrected chi connectivity index (χ2v) is 8.80. The Kier molecular flexibility index (Phi) is 7.05. The van der Waals surface area contributed by atoms with Crippen molar-refractivity contribution in [3.05, 3.63) is 48.4 Å². The summed E-state index contributed by atoms with van der Waals surface area (Å²) in [5, 5.41) is 5.32. The van der Waals surface area contributed by atoms with E-state index in [1.807, 2.05) is 0 Å². The third-order valence-corrected chi connectivity index (χ3v) is 6.28. The first-order chi connectivity index (χ1) is 13.9. The van der Waals surface area contributed by atoms with Gasteiger partial charge in [0.1, 0.15) is 5.76 Å². The first kappa shape index (κ1) is 21.1. The average molecular weight is 420 g/mol. The van der Waals surface area contributed by atoms with Crippen LogP contribution in [0.5, 0.6) is 0 Å². The van der Waals surface area contributed by atoms with Gasteiger partial charge in [0, 0.05) is 11.6 Å². The number of benzene rings is 1. The summed E-state index contributed by atoms with van der Waals surface area (Å²) in [6.07, 6.45) is 6.48. The third kappa shape index (κ3) is 6.16. The molecule has 2 aromatic rings. The van der Waals surface area contributed by atoms with Gasteiger partial charge in [-0.05, 0) is 49.2 Å². The van der Waals surface area contributed by atoms with Crippen molar-refractivity contribution in [3.8, 4) is 0 Å². The number of nitrogens with one attached hydrogen (secondary N) is 3. The molecule has 0 unspecified atom stereocenters. The molecule has 1 saturated carbocycles. The van der Waals surface area contributed by atoms with Crippen LogP contribution in [-0.4, -0.2) is 26.8 Å². The third-order valence-electron chi connectivity index (χ3n) is 4.86. The van der Waals surface area contributed by atoms with Gasteiger partial charge in [-0.1, -0.05) is 19.3 Å². The van der Waals surface area contributed by atoms with Gasteiger partial charge < -0.3 is 15.1 Å². The lowest BCUT2D eigenvalue weighted by Crippen LogP contribution is -2.37. The summed E-state index contributed by atoms with van der Waals surface area (Å²) < 4.78 is 32.1. The minimum absolute atomic E-state index is 0.00489. The van der Waals surface area contributed by atoms with Crippen LogP contribution >= 0.6 is 0 Å². The van der Waals surface area contributed by atoms with Crippen molar-refractivity contribution >= 4 is 27.5 Å². The smallest absolute Gasteiger partial charge is 0.243 e. The molecule has 0 saturated heterocycles. The van der Waals surface area contributed by atoms with E-state index in [-0.39, 0.29) is 35.7 Å². The summed E-state index contributed by atoms with van der Waals surface area (Å²) in [6.45, 7) is -0.0609. The molecule has 1 fully saturated rings. The topological polar surface area (TPSA) is 118 Å². The highest BCUT2D eigenvalue weighted by Crippen LogP contribution is 2.23. The van der Waals surface area contributed by atoms with Crippen LogP contribution in [0.15, 0.2) is 52.0 Å². The molecule has 1 aliphatic carbocycles. The largest absolute Gasteiger partial charge is 0.468 e. The Morgan fingerprint density at radius 2 is 1.76 bits per heavy atom. The molecule has 0 atom stereocenters. The molecule has 8 nitrogen and oxygen atoms in total. The van der Waals surface area contributed by atoms with E-state index in [9.17, 15) is 18.0 Å². The number of carbonyl (C=O) groups excluding carboxylic acids is 2. The summed E-state index contributed by atoms with van der Waals surface area (Å²) in [4.78, 5) is 24.2. The Morgan fingerprint density at radius 3 is 2.41 bits per heavy atom. The molecule has 9 heteroatoms. The number of hydrogen-bond acceptors (Lipinski definition) is 5. The Labute approximate surface area is 170 Å². The van der Waals surface area contributed by atoms with Gasteiger partial charge in [0.15, 0.2) is 0 Å². The normalized spacial score (nSPS) is 15.0. The highest BCUT2D eigenvalue weighted by Gasteiger charge is 2.21. The molecule has 1 heterocycles. The number of sulfonamides is 1. The zero-order valence-electron chi connectivity index (χ0n) is 16.0. The quantitative estimate of drug-likeness (QED) is 0.607. The number of hydrogen-bond donors (Lipinski definition) is 3. The maximum Gasteiger partial charge on any atom is 0.243 e. The van der Waals surface area contributed by atoms with Crippen LogP contribution in [0.3, 0.4) is 0 Å². The highest BCUT2D eigenvalue weighted by molar-refractivity contribution is 7.89. The standard InChI is InChI=1S/C20H25N3O5S/c24-19(14-21-20(25)15-5-2-1-3-6-15)23-16-8-10-18(11-9-16)29(26,27)22-13-17-7-4-12-28-17/h4,7-12,15,22H,1-3,5-6,13-14H2,(H,21,25)(H,23,24). The van der Waals surface area contributed by atoms with Gasteiger partial charge in [0.25, 0.3) is 0 Å². The zero-order chi connectivity index (χ0) is 20.7. The van der Waals surface area contributed by atoms with Crippen molar-refractivity contribution in [1.29, 1.82) is 0 Å². The Hall–Kier alpha value is -2.65. The van der Waals surface area contributed by atoms with E-state index in [2.05, 4.69) is 15.4 Å². The molecule has 0 aliphatic heterocycles. The van der Waals surface area contributed by atoms with Crippen LogP contribution < -0.4 is 15.4 Å². The van der Waals surface area contributed by atoms with Crippen molar-refractivity contribution in [2.24, 2.45) is 5.92 Å². The first-order valence-electron chi connectivity index (χ1n) is 9.64. The molecule has 29 heavy (non-hydrogen) atoms. The van der Waals surface area contributed by atoms with Crippen molar-refractivity contribution in [2.75, 3.05) is 11.9 Å². The Morgan fingerprint density at radius 1 is 1.03 bits per heavy atom. The van der Waals surface area contributed by atoms with Crippen LogP contribution in [0.1, 0.15) is 37.9 Å². The lowest BCUT2D eigenvalue weighted by atomic mass is 9.89. The number of rotatable bonds is 8. The molecule has 0 spiro atoms. The predicted octanol–water partition coefficient (Wildman–Crippen LogP) is 2.39.